The summed E-state index contributed by atoms with van der Waals surface area (Å²) in [6.07, 6.45) is 1.47. The number of benzene rings is 2. The molecule has 1 aliphatic heterocycles. The number of nitrogens with zero attached hydrogens (tertiary/aromatic N) is 2. The van der Waals surface area contributed by atoms with E-state index in [1.807, 2.05) is 0 Å². The number of rotatable bonds is 5. The van der Waals surface area contributed by atoms with Crippen LogP contribution < -0.4 is 9.47 Å². The van der Waals surface area contributed by atoms with E-state index in [1.54, 1.807) is 18.2 Å². The van der Waals surface area contributed by atoms with E-state index in [1.165, 1.54) is 44.4 Å². The summed E-state index contributed by atoms with van der Waals surface area (Å²) in [5, 5.41) is 10.9. The molecule has 9 heteroatoms. The summed E-state index contributed by atoms with van der Waals surface area (Å²) in [7, 11) is 1.42. The van der Waals surface area contributed by atoms with Gasteiger partial charge in [-0.3, -0.25) is 14.9 Å². The third-order valence-corrected chi connectivity index (χ3v) is 3.67. The molecule has 0 unspecified atom stereocenters. The van der Waals surface area contributed by atoms with Crippen LogP contribution in [0.25, 0.3) is 6.08 Å². The Morgan fingerprint density at radius 3 is 2.68 bits per heavy atom. The molecule has 2 aromatic rings. The highest BCUT2D eigenvalue weighted by molar-refractivity contribution is 6.13. The van der Waals surface area contributed by atoms with Crippen molar-refractivity contribution in [1.29, 1.82) is 0 Å². The molecule has 0 saturated carbocycles. The zero-order valence-electron chi connectivity index (χ0n) is 14.9. The number of carbonyl (C=O) groups is 2. The Bertz CT molecular complexity index is 1040. The highest BCUT2D eigenvalue weighted by Gasteiger charge is 2.25. The minimum absolute atomic E-state index is 0.0174. The molecule has 0 N–H and O–H groups in total. The van der Waals surface area contributed by atoms with Gasteiger partial charge in [0, 0.05) is 24.6 Å². The Labute approximate surface area is 159 Å². The van der Waals surface area contributed by atoms with Gasteiger partial charge in [-0.1, -0.05) is 12.1 Å². The van der Waals surface area contributed by atoms with Crippen molar-refractivity contribution in [3.8, 4) is 11.5 Å². The first kappa shape index (κ1) is 18.8. The molecule has 0 aliphatic carbocycles. The monoisotopic (exact) mass is 382 g/mol. The summed E-state index contributed by atoms with van der Waals surface area (Å²) in [6.45, 7) is 1.27. The number of nitro benzene ring substituents is 1. The van der Waals surface area contributed by atoms with Gasteiger partial charge in [-0.05, 0) is 29.8 Å². The van der Waals surface area contributed by atoms with E-state index in [0.29, 0.717) is 16.9 Å². The molecule has 2 aromatic carbocycles. The van der Waals surface area contributed by atoms with Crippen molar-refractivity contribution in [1.82, 2.24) is 0 Å². The summed E-state index contributed by atoms with van der Waals surface area (Å²) < 4.78 is 15.3. The number of cyclic esters (lactones) is 1. The van der Waals surface area contributed by atoms with Crippen LogP contribution in [0.5, 0.6) is 11.5 Å². The second-order valence-electron chi connectivity index (χ2n) is 5.65. The maximum Gasteiger partial charge on any atom is 0.363 e. The van der Waals surface area contributed by atoms with Gasteiger partial charge in [-0.2, -0.15) is 0 Å². The van der Waals surface area contributed by atoms with E-state index in [2.05, 4.69) is 4.99 Å². The van der Waals surface area contributed by atoms with Gasteiger partial charge in [0.2, 0.25) is 5.90 Å². The van der Waals surface area contributed by atoms with Crippen molar-refractivity contribution < 1.29 is 28.7 Å². The van der Waals surface area contributed by atoms with Gasteiger partial charge in [0.05, 0.1) is 12.0 Å². The second kappa shape index (κ2) is 7.70. The summed E-state index contributed by atoms with van der Waals surface area (Å²) >= 11 is 0. The Balaban J connectivity index is 1.92. The smallest absolute Gasteiger partial charge is 0.363 e. The van der Waals surface area contributed by atoms with E-state index in [9.17, 15) is 19.7 Å². The summed E-state index contributed by atoms with van der Waals surface area (Å²) in [5.41, 5.74) is 0.751. The minimum atomic E-state index is -0.690. The van der Waals surface area contributed by atoms with Crippen LogP contribution in [0, 0.1) is 10.1 Å². The quantitative estimate of drug-likeness (QED) is 0.256. The molecule has 0 radical (unpaired) electrons. The van der Waals surface area contributed by atoms with Gasteiger partial charge < -0.3 is 14.2 Å². The number of hydrogen-bond acceptors (Lipinski definition) is 8. The summed E-state index contributed by atoms with van der Waals surface area (Å²) in [4.78, 5) is 37.7. The molecule has 1 aliphatic rings. The molecule has 9 nitrogen and oxygen atoms in total. The fourth-order valence-corrected chi connectivity index (χ4v) is 2.46. The number of ether oxygens (including phenoxy) is 3. The van der Waals surface area contributed by atoms with Crippen molar-refractivity contribution in [3.05, 3.63) is 69.4 Å². The lowest BCUT2D eigenvalue weighted by Crippen LogP contribution is -2.05. The normalized spacial score (nSPS) is 14.4. The van der Waals surface area contributed by atoms with Crippen LogP contribution in [-0.2, 0) is 14.3 Å². The lowest BCUT2D eigenvalue weighted by Gasteiger charge is -2.08. The van der Waals surface area contributed by atoms with Crippen LogP contribution in [0.1, 0.15) is 18.1 Å². The molecule has 0 fully saturated rings. The Hall–Kier alpha value is -4.01. The molecule has 28 heavy (non-hydrogen) atoms. The topological polar surface area (TPSA) is 117 Å². The van der Waals surface area contributed by atoms with Crippen LogP contribution in [0.15, 0.2) is 53.2 Å². The number of hydrogen-bond donors (Lipinski definition) is 0. The van der Waals surface area contributed by atoms with Gasteiger partial charge in [0.15, 0.2) is 17.2 Å². The summed E-state index contributed by atoms with van der Waals surface area (Å²) in [6, 6.07) is 10.3. The standard InChI is InChI=1S/C19H14N2O7/c1-11(22)27-16-7-6-12(9-17(16)26-2)8-15-19(23)28-18(20-15)13-4-3-5-14(10-13)21(24)25/h3-10H,1-2H3. The third kappa shape index (κ3) is 4.04. The SMILES string of the molecule is COc1cc(C=C2N=C(c3cccc([N+](=O)[O-])c3)OC2=O)ccc1OC(C)=O. The average molecular weight is 382 g/mol. The number of aliphatic imine (C=N–C) groups is 1. The van der Waals surface area contributed by atoms with Crippen molar-refractivity contribution in [3.63, 3.8) is 0 Å². The molecule has 0 saturated heterocycles. The first-order chi connectivity index (χ1) is 13.4. The van der Waals surface area contributed by atoms with Gasteiger partial charge in [-0.25, -0.2) is 9.79 Å². The molecule has 0 spiro atoms. The zero-order chi connectivity index (χ0) is 20.3. The summed E-state index contributed by atoms with van der Waals surface area (Å²) in [5.74, 6) is -0.659. The van der Waals surface area contributed by atoms with Crippen LogP contribution in [0.3, 0.4) is 0 Å². The van der Waals surface area contributed by atoms with Crippen molar-refractivity contribution in [2.45, 2.75) is 6.92 Å². The molecule has 0 aromatic heterocycles. The largest absolute Gasteiger partial charge is 0.493 e. The first-order valence-electron chi connectivity index (χ1n) is 8.01. The fraction of sp³-hybridized carbons (Fsp3) is 0.105. The van der Waals surface area contributed by atoms with E-state index < -0.39 is 16.9 Å². The zero-order valence-corrected chi connectivity index (χ0v) is 14.9. The van der Waals surface area contributed by atoms with Gasteiger partial charge in [0.1, 0.15) is 0 Å². The average Bonchev–Trinajstić information content (AvgIpc) is 3.03. The number of carbonyl (C=O) groups excluding carboxylic acids is 2. The number of non-ortho nitro benzene ring substituents is 1. The second-order valence-corrected chi connectivity index (χ2v) is 5.65. The molecule has 1 heterocycles. The van der Waals surface area contributed by atoms with Crippen LogP contribution in [0.4, 0.5) is 5.69 Å². The highest BCUT2D eigenvalue weighted by atomic mass is 16.6. The minimum Gasteiger partial charge on any atom is -0.493 e. The van der Waals surface area contributed by atoms with Crippen LogP contribution >= 0.6 is 0 Å². The highest BCUT2D eigenvalue weighted by Crippen LogP contribution is 2.30. The van der Waals surface area contributed by atoms with E-state index in [0.717, 1.165) is 0 Å². The van der Waals surface area contributed by atoms with E-state index in [4.69, 9.17) is 14.2 Å². The number of methoxy groups -OCH3 is 1. The molecule has 0 bridgehead atoms. The predicted octanol–water partition coefficient (Wildman–Crippen LogP) is 2.87. The first-order valence-corrected chi connectivity index (χ1v) is 8.01. The third-order valence-electron chi connectivity index (χ3n) is 3.67. The maximum atomic E-state index is 12.1. The van der Waals surface area contributed by atoms with Crippen molar-refractivity contribution in [2.75, 3.05) is 7.11 Å². The fourth-order valence-electron chi connectivity index (χ4n) is 2.46. The van der Waals surface area contributed by atoms with Gasteiger partial charge >= 0.3 is 11.9 Å². The number of esters is 2. The molecule has 142 valence electrons. The van der Waals surface area contributed by atoms with E-state index >= 15 is 0 Å². The van der Waals surface area contributed by atoms with Crippen LogP contribution in [-0.4, -0.2) is 29.9 Å². The van der Waals surface area contributed by atoms with Crippen molar-refractivity contribution in [2.24, 2.45) is 4.99 Å². The molecule has 0 amide bonds. The molecule has 3 rings (SSSR count). The van der Waals surface area contributed by atoms with Crippen LogP contribution in [0.2, 0.25) is 0 Å². The Kier molecular flexibility index (Phi) is 5.16. The molecular weight excluding hydrogens is 368 g/mol. The lowest BCUT2D eigenvalue weighted by molar-refractivity contribution is -0.384. The Morgan fingerprint density at radius 2 is 2.00 bits per heavy atom. The lowest BCUT2D eigenvalue weighted by atomic mass is 10.1. The molecular formula is C19H14N2O7. The molecule has 0 atom stereocenters. The van der Waals surface area contributed by atoms with Gasteiger partial charge in [0.25, 0.3) is 5.69 Å². The number of nitro groups is 1. The maximum absolute atomic E-state index is 12.1. The van der Waals surface area contributed by atoms with Gasteiger partial charge in [-0.15, -0.1) is 0 Å². The van der Waals surface area contributed by atoms with E-state index in [-0.39, 0.29) is 23.0 Å². The Morgan fingerprint density at radius 1 is 1.21 bits per heavy atom. The van der Waals surface area contributed by atoms with Crippen molar-refractivity contribution >= 4 is 29.6 Å². The predicted molar refractivity (Wildman–Crippen MR) is 98.0 cm³/mol.